The molecule has 0 fully saturated rings. The van der Waals surface area contributed by atoms with E-state index in [0.717, 1.165) is 47.9 Å². The number of aromatic hydroxyl groups is 1. The van der Waals surface area contributed by atoms with E-state index >= 15 is 0 Å². The average Bonchev–Trinajstić information content (AvgIpc) is 2.67. The Morgan fingerprint density at radius 1 is 1.07 bits per heavy atom. The molecule has 1 heterocycles. The first kappa shape index (κ1) is 18.3. The van der Waals surface area contributed by atoms with E-state index in [2.05, 4.69) is 4.98 Å². The highest BCUT2D eigenvalue weighted by Crippen LogP contribution is 2.41. The number of phenols is 1. The lowest BCUT2D eigenvalue weighted by Gasteiger charge is -2.23. The number of phenolic OH excluding ortho intramolecular Hbond substituents is 1. The molecule has 1 aromatic heterocycles. The van der Waals surface area contributed by atoms with Crippen molar-refractivity contribution in [2.24, 2.45) is 0 Å². The van der Waals surface area contributed by atoms with Crippen LogP contribution in [0.5, 0.6) is 5.75 Å². The molecule has 1 aliphatic carbocycles. The van der Waals surface area contributed by atoms with Crippen molar-refractivity contribution >= 4 is 22.8 Å². The highest BCUT2D eigenvalue weighted by Gasteiger charge is 2.34. The van der Waals surface area contributed by atoms with Crippen LogP contribution in [0, 0.1) is 5.41 Å². The number of rotatable bonds is 2. The second-order valence-corrected chi connectivity index (χ2v) is 6.96. The van der Waals surface area contributed by atoms with Gasteiger partial charge in [0.1, 0.15) is 5.75 Å². The van der Waals surface area contributed by atoms with Gasteiger partial charge in [-0.05, 0) is 67.1 Å². The summed E-state index contributed by atoms with van der Waals surface area (Å²) in [5.74, 6) is -0.801. The van der Waals surface area contributed by atoms with Crippen LogP contribution in [-0.4, -0.2) is 16.3 Å². The Labute approximate surface area is 159 Å². The molecule has 3 aromatic rings. The standard InChI is InChI=1S/C21H18F3N3O/c22-21(23,24)15-9-11(5-8-18(15)28)20-13-4-2-1-3-12(13)19-14(10-25)16(26)6-7-17(19)27-20/h5-10,25,28H,1-4,26H2. The van der Waals surface area contributed by atoms with Crippen LogP contribution < -0.4 is 5.73 Å². The Balaban J connectivity index is 2.04. The van der Waals surface area contributed by atoms with Crippen molar-refractivity contribution in [2.45, 2.75) is 31.9 Å². The summed E-state index contributed by atoms with van der Waals surface area (Å²) in [5.41, 5.74) is 9.34. The first-order valence-electron chi connectivity index (χ1n) is 8.96. The summed E-state index contributed by atoms with van der Waals surface area (Å²) in [7, 11) is 0. The smallest absolute Gasteiger partial charge is 0.419 e. The summed E-state index contributed by atoms with van der Waals surface area (Å²) in [4.78, 5) is 4.65. The third-order valence-corrected chi connectivity index (χ3v) is 5.26. The molecule has 4 rings (SSSR count). The van der Waals surface area contributed by atoms with Gasteiger partial charge in [-0.3, -0.25) is 0 Å². The quantitative estimate of drug-likeness (QED) is 0.425. The summed E-state index contributed by atoms with van der Waals surface area (Å²) < 4.78 is 39.8. The molecule has 4 N–H and O–H groups in total. The molecular formula is C21H18F3N3O. The summed E-state index contributed by atoms with van der Waals surface area (Å²) in [5, 5.41) is 18.2. The molecule has 7 heteroatoms. The van der Waals surface area contributed by atoms with Crippen molar-refractivity contribution in [3.63, 3.8) is 0 Å². The minimum atomic E-state index is -4.65. The first-order valence-corrected chi connectivity index (χ1v) is 8.96. The second-order valence-electron chi connectivity index (χ2n) is 6.96. The van der Waals surface area contributed by atoms with Crippen molar-refractivity contribution in [1.82, 2.24) is 4.98 Å². The van der Waals surface area contributed by atoms with Crippen molar-refractivity contribution in [3.8, 4) is 17.0 Å². The van der Waals surface area contributed by atoms with Gasteiger partial charge in [-0.15, -0.1) is 0 Å². The van der Waals surface area contributed by atoms with Gasteiger partial charge in [-0.1, -0.05) is 0 Å². The number of pyridine rings is 1. The predicted octanol–water partition coefficient (Wildman–Crippen LogP) is 5.08. The van der Waals surface area contributed by atoms with E-state index in [9.17, 15) is 18.3 Å². The Hall–Kier alpha value is -3.09. The first-order chi connectivity index (χ1) is 13.3. The van der Waals surface area contributed by atoms with Gasteiger partial charge in [0.2, 0.25) is 0 Å². The number of nitrogens with one attached hydrogen (secondary N) is 1. The number of anilines is 1. The van der Waals surface area contributed by atoms with Crippen LogP contribution >= 0.6 is 0 Å². The molecule has 28 heavy (non-hydrogen) atoms. The lowest BCUT2D eigenvalue weighted by Crippen LogP contribution is -2.10. The molecule has 0 unspecified atom stereocenters. The van der Waals surface area contributed by atoms with E-state index in [1.807, 2.05) is 0 Å². The number of hydrogen-bond donors (Lipinski definition) is 3. The van der Waals surface area contributed by atoms with Crippen molar-refractivity contribution < 1.29 is 18.3 Å². The molecule has 0 bridgehead atoms. The molecular weight excluding hydrogens is 367 g/mol. The molecule has 1 aliphatic rings. The van der Waals surface area contributed by atoms with Crippen LogP contribution in [0.4, 0.5) is 18.9 Å². The van der Waals surface area contributed by atoms with Crippen LogP contribution in [0.1, 0.15) is 35.1 Å². The van der Waals surface area contributed by atoms with E-state index < -0.39 is 17.5 Å². The number of hydrogen-bond acceptors (Lipinski definition) is 4. The number of halogens is 3. The van der Waals surface area contributed by atoms with Gasteiger partial charge < -0.3 is 16.2 Å². The number of aryl methyl sites for hydroxylation is 1. The van der Waals surface area contributed by atoms with Gasteiger partial charge in [0.25, 0.3) is 0 Å². The molecule has 0 amide bonds. The van der Waals surface area contributed by atoms with Gasteiger partial charge in [0.05, 0.1) is 16.8 Å². The SMILES string of the molecule is N=Cc1c(N)ccc2nc(-c3ccc(O)c(C(F)(F)F)c3)c3c(c12)CCCC3. The van der Waals surface area contributed by atoms with E-state index in [1.54, 1.807) is 12.1 Å². The Kier molecular flexibility index (Phi) is 4.25. The molecule has 0 saturated heterocycles. The molecule has 4 nitrogen and oxygen atoms in total. The summed E-state index contributed by atoms with van der Waals surface area (Å²) in [6.07, 6.45) is -0.117. The maximum absolute atomic E-state index is 13.3. The molecule has 2 aromatic carbocycles. The largest absolute Gasteiger partial charge is 0.507 e. The molecule has 0 aliphatic heterocycles. The number of aromatic nitrogens is 1. The zero-order chi connectivity index (χ0) is 20.1. The number of nitrogen functional groups attached to an aromatic ring is 1. The molecule has 0 radical (unpaired) electrons. The zero-order valence-corrected chi connectivity index (χ0v) is 14.9. The molecule has 0 spiro atoms. The van der Waals surface area contributed by atoms with E-state index in [0.29, 0.717) is 34.4 Å². The fourth-order valence-corrected chi connectivity index (χ4v) is 3.97. The molecule has 0 atom stereocenters. The Morgan fingerprint density at radius 2 is 1.79 bits per heavy atom. The predicted molar refractivity (Wildman–Crippen MR) is 103 cm³/mol. The average molecular weight is 385 g/mol. The van der Waals surface area contributed by atoms with Gasteiger partial charge in [-0.2, -0.15) is 13.2 Å². The van der Waals surface area contributed by atoms with E-state index in [4.69, 9.17) is 11.1 Å². The number of nitrogens with two attached hydrogens (primary N) is 1. The topological polar surface area (TPSA) is 83.0 Å². The monoisotopic (exact) mass is 385 g/mol. The molecule has 0 saturated carbocycles. The Bertz CT molecular complexity index is 1110. The van der Waals surface area contributed by atoms with Crippen LogP contribution in [0.15, 0.2) is 30.3 Å². The fraction of sp³-hybridized carbons (Fsp3) is 0.238. The second kappa shape index (κ2) is 6.51. The van der Waals surface area contributed by atoms with Crippen molar-refractivity contribution in [3.05, 3.63) is 52.6 Å². The lowest BCUT2D eigenvalue weighted by molar-refractivity contribution is -0.138. The highest BCUT2D eigenvalue weighted by atomic mass is 19.4. The summed E-state index contributed by atoms with van der Waals surface area (Å²) in [6, 6.07) is 6.87. The third-order valence-electron chi connectivity index (χ3n) is 5.26. The van der Waals surface area contributed by atoms with Crippen molar-refractivity contribution in [1.29, 1.82) is 5.41 Å². The lowest BCUT2D eigenvalue weighted by atomic mass is 9.84. The maximum Gasteiger partial charge on any atom is 0.419 e. The summed E-state index contributed by atoms with van der Waals surface area (Å²) >= 11 is 0. The van der Waals surface area contributed by atoms with Gasteiger partial charge in [0, 0.05) is 28.4 Å². The number of alkyl halides is 3. The van der Waals surface area contributed by atoms with Crippen molar-refractivity contribution in [2.75, 3.05) is 5.73 Å². The minimum Gasteiger partial charge on any atom is -0.507 e. The van der Waals surface area contributed by atoms with Gasteiger partial charge in [-0.25, -0.2) is 4.98 Å². The molecule has 144 valence electrons. The number of nitrogens with zero attached hydrogens (tertiary/aromatic N) is 1. The van der Waals surface area contributed by atoms with Crippen LogP contribution in [0.25, 0.3) is 22.2 Å². The van der Waals surface area contributed by atoms with Crippen LogP contribution in [0.2, 0.25) is 0 Å². The van der Waals surface area contributed by atoms with E-state index in [1.165, 1.54) is 12.3 Å². The fourth-order valence-electron chi connectivity index (χ4n) is 3.97. The Morgan fingerprint density at radius 3 is 2.46 bits per heavy atom. The van der Waals surface area contributed by atoms with Gasteiger partial charge >= 0.3 is 6.18 Å². The third kappa shape index (κ3) is 2.87. The van der Waals surface area contributed by atoms with Gasteiger partial charge in [0.15, 0.2) is 0 Å². The maximum atomic E-state index is 13.3. The normalized spacial score (nSPS) is 14.1. The van der Waals surface area contributed by atoms with Crippen LogP contribution in [-0.2, 0) is 19.0 Å². The number of fused-ring (bicyclic) bond motifs is 3. The van der Waals surface area contributed by atoms with Crippen LogP contribution in [0.3, 0.4) is 0 Å². The zero-order valence-electron chi connectivity index (χ0n) is 14.9. The number of benzene rings is 2. The summed E-state index contributed by atoms with van der Waals surface area (Å²) in [6.45, 7) is 0. The van der Waals surface area contributed by atoms with E-state index in [-0.39, 0.29) is 0 Å². The highest BCUT2D eigenvalue weighted by molar-refractivity contribution is 6.05. The minimum absolute atomic E-state index is 0.318.